The van der Waals surface area contributed by atoms with E-state index in [1.807, 2.05) is 22.1 Å². The monoisotopic (exact) mass is 274 g/mol. The van der Waals surface area contributed by atoms with Crippen molar-refractivity contribution >= 4 is 17.2 Å². The Balaban J connectivity index is 2.32. The lowest BCUT2D eigenvalue weighted by Gasteiger charge is -2.21. The number of nitrogens with two attached hydrogens (primary N) is 1. The summed E-state index contributed by atoms with van der Waals surface area (Å²) in [5, 5.41) is 2.99. The van der Waals surface area contributed by atoms with Crippen molar-refractivity contribution in [3.8, 4) is 5.00 Å². The van der Waals surface area contributed by atoms with Crippen LogP contribution in [-0.2, 0) is 12.8 Å². The summed E-state index contributed by atoms with van der Waals surface area (Å²) < 4.78 is 1.96. The summed E-state index contributed by atoms with van der Waals surface area (Å²) in [4.78, 5) is 23.7. The molecule has 0 saturated heterocycles. The number of aromatic nitrogens is 1. The van der Waals surface area contributed by atoms with Crippen LogP contribution < -0.4 is 11.2 Å². The van der Waals surface area contributed by atoms with Gasteiger partial charge in [-0.15, -0.1) is 11.3 Å². The summed E-state index contributed by atoms with van der Waals surface area (Å²) >= 11 is 1.58. The third-order valence-corrected chi connectivity index (χ3v) is 4.38. The molecule has 3 rings (SSSR count). The Hall–Kier alpha value is -1.88. The van der Waals surface area contributed by atoms with Crippen molar-refractivity contribution in [1.29, 1.82) is 0 Å². The topological polar surface area (TPSA) is 65.1 Å². The first-order chi connectivity index (χ1) is 9.18. The molecule has 0 unspecified atom stereocenters. The SMILES string of the molecule is NC(=O)c1cn(-c2cccs2)c2c(c1=O)CCCC2. The van der Waals surface area contributed by atoms with Crippen LogP contribution in [0.1, 0.15) is 34.5 Å². The van der Waals surface area contributed by atoms with Crippen LogP contribution in [0, 0.1) is 0 Å². The van der Waals surface area contributed by atoms with Gasteiger partial charge in [-0.1, -0.05) is 0 Å². The molecule has 1 amide bonds. The van der Waals surface area contributed by atoms with Crippen LogP contribution >= 0.6 is 11.3 Å². The third kappa shape index (κ3) is 2.00. The first-order valence-electron chi connectivity index (χ1n) is 6.29. The Kier molecular flexibility index (Phi) is 2.98. The Morgan fingerprint density at radius 2 is 2.11 bits per heavy atom. The van der Waals surface area contributed by atoms with Crippen LogP contribution in [-0.4, -0.2) is 10.5 Å². The van der Waals surface area contributed by atoms with E-state index in [0.29, 0.717) is 0 Å². The van der Waals surface area contributed by atoms with Gasteiger partial charge in [0.05, 0.1) is 5.00 Å². The minimum Gasteiger partial charge on any atom is -0.365 e. The van der Waals surface area contributed by atoms with E-state index in [9.17, 15) is 9.59 Å². The quantitative estimate of drug-likeness (QED) is 0.908. The number of primary amides is 1. The molecule has 0 aliphatic heterocycles. The molecule has 2 aromatic rings. The smallest absolute Gasteiger partial charge is 0.254 e. The van der Waals surface area contributed by atoms with E-state index in [2.05, 4.69) is 0 Å². The number of pyridine rings is 1. The summed E-state index contributed by atoms with van der Waals surface area (Å²) in [7, 11) is 0. The Morgan fingerprint density at radius 3 is 2.79 bits per heavy atom. The molecule has 0 bridgehead atoms. The van der Waals surface area contributed by atoms with E-state index in [1.165, 1.54) is 0 Å². The zero-order valence-corrected chi connectivity index (χ0v) is 11.2. The van der Waals surface area contributed by atoms with Crippen molar-refractivity contribution in [2.75, 3.05) is 0 Å². The van der Waals surface area contributed by atoms with Crippen molar-refractivity contribution < 1.29 is 4.79 Å². The lowest BCUT2D eigenvalue weighted by atomic mass is 9.94. The maximum atomic E-state index is 12.3. The molecule has 98 valence electrons. The van der Waals surface area contributed by atoms with Gasteiger partial charge < -0.3 is 10.3 Å². The predicted octanol–water partition coefficient (Wildman–Crippen LogP) is 1.88. The van der Waals surface area contributed by atoms with E-state index < -0.39 is 5.91 Å². The predicted molar refractivity (Wildman–Crippen MR) is 75.1 cm³/mol. The van der Waals surface area contributed by atoms with Gasteiger partial charge in [-0.05, 0) is 43.2 Å². The molecule has 0 atom stereocenters. The Labute approximate surface area is 114 Å². The highest BCUT2D eigenvalue weighted by atomic mass is 32.1. The number of nitrogens with zero attached hydrogens (tertiary/aromatic N) is 1. The van der Waals surface area contributed by atoms with Gasteiger partial charge in [-0.25, -0.2) is 0 Å². The van der Waals surface area contributed by atoms with Gasteiger partial charge in [0.1, 0.15) is 5.56 Å². The summed E-state index contributed by atoms with van der Waals surface area (Å²) in [5.41, 5.74) is 7.02. The average molecular weight is 274 g/mol. The Bertz CT molecular complexity index is 686. The standard InChI is InChI=1S/C14H14N2O2S/c15-14(18)10-8-16(12-6-3-7-19-12)11-5-2-1-4-9(11)13(10)17/h3,6-8H,1-2,4-5H2,(H2,15,18). The molecular weight excluding hydrogens is 260 g/mol. The van der Waals surface area contributed by atoms with Crippen molar-refractivity contribution in [2.24, 2.45) is 5.73 Å². The highest BCUT2D eigenvalue weighted by Crippen LogP contribution is 2.24. The van der Waals surface area contributed by atoms with Gasteiger partial charge in [-0.3, -0.25) is 9.59 Å². The fourth-order valence-electron chi connectivity index (χ4n) is 2.61. The minimum absolute atomic E-state index is 0.0917. The van der Waals surface area contributed by atoms with Crippen LogP contribution in [0.5, 0.6) is 0 Å². The van der Waals surface area contributed by atoms with E-state index >= 15 is 0 Å². The van der Waals surface area contributed by atoms with Crippen LogP contribution in [0.3, 0.4) is 0 Å². The van der Waals surface area contributed by atoms with Crippen LogP contribution in [0.25, 0.3) is 5.00 Å². The zero-order chi connectivity index (χ0) is 13.4. The molecule has 1 aliphatic rings. The van der Waals surface area contributed by atoms with Crippen molar-refractivity contribution in [3.63, 3.8) is 0 Å². The zero-order valence-electron chi connectivity index (χ0n) is 10.4. The van der Waals surface area contributed by atoms with E-state index in [4.69, 9.17) is 5.73 Å². The molecular formula is C14H14N2O2S. The second-order valence-electron chi connectivity index (χ2n) is 4.69. The van der Waals surface area contributed by atoms with Crippen LogP contribution in [0.2, 0.25) is 0 Å². The second-order valence-corrected chi connectivity index (χ2v) is 5.62. The van der Waals surface area contributed by atoms with Crippen molar-refractivity contribution in [1.82, 2.24) is 4.57 Å². The van der Waals surface area contributed by atoms with E-state index in [0.717, 1.165) is 41.9 Å². The number of carbonyl (C=O) groups excluding carboxylic acids is 1. The van der Waals surface area contributed by atoms with Gasteiger partial charge in [-0.2, -0.15) is 0 Å². The molecule has 4 nitrogen and oxygen atoms in total. The molecule has 5 heteroatoms. The number of thiophene rings is 1. The number of rotatable bonds is 2. The minimum atomic E-state index is -0.649. The lowest BCUT2D eigenvalue weighted by molar-refractivity contribution is 0.0998. The first-order valence-corrected chi connectivity index (χ1v) is 7.17. The largest absolute Gasteiger partial charge is 0.365 e. The Morgan fingerprint density at radius 1 is 1.32 bits per heavy atom. The van der Waals surface area contributed by atoms with Crippen molar-refractivity contribution in [3.05, 3.63) is 50.8 Å². The summed E-state index contributed by atoms with van der Waals surface area (Å²) in [6.07, 6.45) is 5.28. The van der Waals surface area contributed by atoms with Crippen LogP contribution in [0.15, 0.2) is 28.5 Å². The molecule has 1 aliphatic carbocycles. The normalized spacial score (nSPS) is 14.1. The fourth-order valence-corrected chi connectivity index (χ4v) is 3.34. The van der Waals surface area contributed by atoms with Gasteiger partial charge in [0.25, 0.3) is 5.91 Å². The van der Waals surface area contributed by atoms with Gasteiger partial charge >= 0.3 is 0 Å². The van der Waals surface area contributed by atoms with E-state index in [1.54, 1.807) is 17.5 Å². The molecule has 0 fully saturated rings. The maximum absolute atomic E-state index is 12.3. The summed E-state index contributed by atoms with van der Waals surface area (Å²) in [6.45, 7) is 0. The maximum Gasteiger partial charge on any atom is 0.254 e. The van der Waals surface area contributed by atoms with E-state index in [-0.39, 0.29) is 11.0 Å². The third-order valence-electron chi connectivity index (χ3n) is 3.52. The lowest BCUT2D eigenvalue weighted by Crippen LogP contribution is -2.29. The van der Waals surface area contributed by atoms with Crippen molar-refractivity contribution in [2.45, 2.75) is 25.7 Å². The number of hydrogen-bond acceptors (Lipinski definition) is 3. The summed E-state index contributed by atoms with van der Waals surface area (Å²) in [6, 6.07) is 3.94. The molecule has 2 heterocycles. The molecule has 19 heavy (non-hydrogen) atoms. The molecule has 0 aromatic carbocycles. The highest BCUT2D eigenvalue weighted by Gasteiger charge is 2.21. The van der Waals surface area contributed by atoms with Gasteiger partial charge in [0, 0.05) is 17.5 Å². The average Bonchev–Trinajstić information content (AvgIpc) is 2.93. The summed E-state index contributed by atoms with van der Waals surface area (Å²) in [5.74, 6) is -0.649. The first kappa shape index (κ1) is 12.2. The second kappa shape index (κ2) is 4.66. The molecule has 2 N–H and O–H groups in total. The number of hydrogen-bond donors (Lipinski definition) is 1. The fraction of sp³-hybridized carbons (Fsp3) is 0.286. The van der Waals surface area contributed by atoms with Gasteiger partial charge in [0.2, 0.25) is 0 Å². The molecule has 0 spiro atoms. The number of fused-ring (bicyclic) bond motifs is 1. The molecule has 0 saturated carbocycles. The van der Waals surface area contributed by atoms with Gasteiger partial charge in [0.15, 0.2) is 5.43 Å². The number of carbonyl (C=O) groups is 1. The molecule has 0 radical (unpaired) electrons. The molecule has 2 aromatic heterocycles. The highest BCUT2D eigenvalue weighted by molar-refractivity contribution is 7.12. The van der Waals surface area contributed by atoms with Crippen LogP contribution in [0.4, 0.5) is 0 Å². The number of amides is 1.